The Morgan fingerprint density at radius 3 is 2.42 bits per heavy atom. The number of nitrogens with zero attached hydrogens (tertiary/aromatic N) is 1. The van der Waals surface area contributed by atoms with E-state index in [1.165, 1.54) is 5.56 Å². The van der Waals surface area contributed by atoms with Gasteiger partial charge in [-0.05, 0) is 43.2 Å². The Labute approximate surface area is 122 Å². The molecule has 5 heteroatoms. The summed E-state index contributed by atoms with van der Waals surface area (Å²) in [5, 5.41) is 3.72. The molecule has 0 saturated carbocycles. The number of aryl methyl sites for hydroxylation is 2. The Morgan fingerprint density at radius 1 is 1.05 bits per heavy atom. The number of hydrogen-bond acceptors (Lipinski definition) is 3. The number of pyridine rings is 1. The summed E-state index contributed by atoms with van der Waals surface area (Å²) in [7, 11) is 1.74. The highest BCUT2D eigenvalue weighted by Crippen LogP contribution is 2.33. The van der Waals surface area contributed by atoms with E-state index in [1.807, 2.05) is 32.0 Å². The average molecular weight is 297 g/mol. The largest absolute Gasteiger partial charge is 0.437 e. The van der Waals surface area contributed by atoms with Gasteiger partial charge in [-0.15, -0.1) is 0 Å². The summed E-state index contributed by atoms with van der Waals surface area (Å²) in [4.78, 5) is 4.24. The highest BCUT2D eigenvalue weighted by Gasteiger charge is 2.10. The second-order valence-electron chi connectivity index (χ2n) is 4.20. The molecule has 0 atom stereocenters. The summed E-state index contributed by atoms with van der Waals surface area (Å²) >= 11 is 12.1. The molecule has 0 fully saturated rings. The maximum Gasteiger partial charge on any atom is 0.240 e. The number of halogens is 2. The van der Waals surface area contributed by atoms with Gasteiger partial charge in [0.1, 0.15) is 16.6 Å². The lowest BCUT2D eigenvalue weighted by atomic mass is 10.1. The van der Waals surface area contributed by atoms with Crippen molar-refractivity contribution in [1.82, 2.24) is 4.98 Å². The van der Waals surface area contributed by atoms with Crippen LogP contribution in [0.15, 0.2) is 24.3 Å². The van der Waals surface area contributed by atoms with E-state index in [9.17, 15) is 0 Å². The third-order valence-electron chi connectivity index (χ3n) is 2.83. The molecule has 0 aliphatic carbocycles. The van der Waals surface area contributed by atoms with Gasteiger partial charge in [-0.25, -0.2) is 0 Å². The molecule has 1 N–H and O–H groups in total. The second kappa shape index (κ2) is 5.68. The van der Waals surface area contributed by atoms with Crippen LogP contribution in [0.2, 0.25) is 10.0 Å². The van der Waals surface area contributed by atoms with E-state index in [1.54, 1.807) is 13.1 Å². The van der Waals surface area contributed by atoms with Gasteiger partial charge in [0.05, 0.1) is 5.02 Å². The Hall–Kier alpha value is -1.45. The van der Waals surface area contributed by atoms with E-state index in [0.29, 0.717) is 27.5 Å². The molecule has 1 heterocycles. The summed E-state index contributed by atoms with van der Waals surface area (Å²) in [6.07, 6.45) is 0. The maximum atomic E-state index is 6.08. The summed E-state index contributed by atoms with van der Waals surface area (Å²) < 4.78 is 5.70. The molecule has 1 aromatic carbocycles. The molecule has 2 rings (SSSR count). The monoisotopic (exact) mass is 296 g/mol. The fourth-order valence-electron chi connectivity index (χ4n) is 1.59. The fraction of sp³-hybridized carbons (Fsp3) is 0.214. The average Bonchev–Trinajstić information content (AvgIpc) is 2.37. The minimum atomic E-state index is 0.332. The molecule has 1 aromatic heterocycles. The standard InChI is InChI=1S/C14H14Cl2N2O/c1-8-4-5-10(6-9(8)2)19-14-12(16)7-11(15)13(17-3)18-14/h4-7H,1-3H3,(H,17,18). The van der Waals surface area contributed by atoms with E-state index in [4.69, 9.17) is 27.9 Å². The summed E-state index contributed by atoms with van der Waals surface area (Å²) in [6, 6.07) is 7.43. The molecule has 0 aliphatic rings. The van der Waals surface area contributed by atoms with E-state index in [2.05, 4.69) is 10.3 Å². The highest BCUT2D eigenvalue weighted by molar-refractivity contribution is 6.36. The van der Waals surface area contributed by atoms with Gasteiger partial charge < -0.3 is 10.1 Å². The smallest absolute Gasteiger partial charge is 0.240 e. The number of rotatable bonds is 3. The lowest BCUT2D eigenvalue weighted by Crippen LogP contribution is -1.97. The van der Waals surface area contributed by atoms with Crippen molar-refractivity contribution in [3.63, 3.8) is 0 Å². The second-order valence-corrected chi connectivity index (χ2v) is 5.02. The van der Waals surface area contributed by atoms with Crippen molar-refractivity contribution in [3.05, 3.63) is 45.4 Å². The summed E-state index contributed by atoms with van der Waals surface area (Å²) in [5.41, 5.74) is 2.36. The molecule has 0 bridgehead atoms. The van der Waals surface area contributed by atoms with Crippen LogP contribution in [-0.2, 0) is 0 Å². The molecule has 3 nitrogen and oxygen atoms in total. The van der Waals surface area contributed by atoms with Gasteiger partial charge in [0.25, 0.3) is 0 Å². The topological polar surface area (TPSA) is 34.2 Å². The predicted molar refractivity (Wildman–Crippen MR) is 79.8 cm³/mol. The number of benzene rings is 1. The first-order valence-corrected chi connectivity index (χ1v) is 6.55. The summed E-state index contributed by atoms with van der Waals surface area (Å²) in [6.45, 7) is 4.07. The van der Waals surface area contributed by atoms with Gasteiger partial charge in [0.2, 0.25) is 5.88 Å². The van der Waals surface area contributed by atoms with Gasteiger partial charge in [0, 0.05) is 7.05 Å². The SMILES string of the molecule is CNc1nc(Oc2ccc(C)c(C)c2)c(Cl)cc1Cl. The van der Waals surface area contributed by atoms with Crippen molar-refractivity contribution in [1.29, 1.82) is 0 Å². The van der Waals surface area contributed by atoms with E-state index < -0.39 is 0 Å². The van der Waals surface area contributed by atoms with Gasteiger partial charge >= 0.3 is 0 Å². The normalized spacial score (nSPS) is 10.4. The van der Waals surface area contributed by atoms with Gasteiger partial charge in [0.15, 0.2) is 0 Å². The van der Waals surface area contributed by atoms with Gasteiger partial charge in [-0.2, -0.15) is 4.98 Å². The van der Waals surface area contributed by atoms with E-state index in [0.717, 1.165) is 5.56 Å². The first-order chi connectivity index (χ1) is 9.01. The van der Waals surface area contributed by atoms with Crippen molar-refractivity contribution >= 4 is 29.0 Å². The highest BCUT2D eigenvalue weighted by atomic mass is 35.5. The maximum absolute atomic E-state index is 6.08. The molecular formula is C14H14Cl2N2O. The first kappa shape index (κ1) is 14.0. The zero-order valence-corrected chi connectivity index (χ0v) is 12.4. The quantitative estimate of drug-likeness (QED) is 0.880. The Bertz CT molecular complexity index is 615. The third kappa shape index (κ3) is 3.11. The molecule has 0 amide bonds. The lowest BCUT2D eigenvalue weighted by Gasteiger charge is -2.11. The van der Waals surface area contributed by atoms with Crippen LogP contribution in [0, 0.1) is 13.8 Å². The van der Waals surface area contributed by atoms with Crippen molar-refractivity contribution in [3.8, 4) is 11.6 Å². The van der Waals surface area contributed by atoms with Crippen LogP contribution < -0.4 is 10.1 Å². The van der Waals surface area contributed by atoms with E-state index in [-0.39, 0.29) is 0 Å². The van der Waals surface area contributed by atoms with Crippen LogP contribution >= 0.6 is 23.2 Å². The van der Waals surface area contributed by atoms with Crippen molar-refractivity contribution in [2.24, 2.45) is 0 Å². The number of ether oxygens (including phenoxy) is 1. The fourth-order valence-corrected chi connectivity index (χ4v) is 2.08. The van der Waals surface area contributed by atoms with Crippen LogP contribution in [0.5, 0.6) is 11.6 Å². The zero-order valence-electron chi connectivity index (χ0n) is 10.9. The van der Waals surface area contributed by atoms with E-state index >= 15 is 0 Å². The molecule has 0 saturated heterocycles. The molecule has 0 radical (unpaired) electrons. The van der Waals surface area contributed by atoms with Crippen LogP contribution in [-0.4, -0.2) is 12.0 Å². The molecule has 0 aliphatic heterocycles. The van der Waals surface area contributed by atoms with Crippen LogP contribution in [0.1, 0.15) is 11.1 Å². The molecule has 2 aromatic rings. The zero-order chi connectivity index (χ0) is 14.0. The number of hydrogen-bond donors (Lipinski definition) is 1. The Morgan fingerprint density at radius 2 is 1.79 bits per heavy atom. The first-order valence-electron chi connectivity index (χ1n) is 5.80. The Kier molecular flexibility index (Phi) is 4.17. The van der Waals surface area contributed by atoms with Crippen LogP contribution in [0.3, 0.4) is 0 Å². The minimum Gasteiger partial charge on any atom is -0.437 e. The third-order valence-corrected chi connectivity index (χ3v) is 3.39. The minimum absolute atomic E-state index is 0.332. The summed E-state index contributed by atoms with van der Waals surface area (Å²) in [5.74, 6) is 1.56. The van der Waals surface area contributed by atoms with Crippen molar-refractivity contribution in [2.75, 3.05) is 12.4 Å². The van der Waals surface area contributed by atoms with Gasteiger partial charge in [-0.1, -0.05) is 29.3 Å². The van der Waals surface area contributed by atoms with Crippen molar-refractivity contribution in [2.45, 2.75) is 13.8 Å². The lowest BCUT2D eigenvalue weighted by molar-refractivity contribution is 0.463. The molecule has 100 valence electrons. The molecule has 0 spiro atoms. The van der Waals surface area contributed by atoms with Crippen LogP contribution in [0.4, 0.5) is 5.82 Å². The predicted octanol–water partition coefficient (Wildman–Crippen LogP) is 4.84. The molecule has 0 unspecified atom stereocenters. The number of nitrogens with one attached hydrogen (secondary N) is 1. The molecular weight excluding hydrogens is 283 g/mol. The number of anilines is 1. The van der Waals surface area contributed by atoms with Crippen molar-refractivity contribution < 1.29 is 4.74 Å². The van der Waals surface area contributed by atoms with Crippen LogP contribution in [0.25, 0.3) is 0 Å². The number of aromatic nitrogens is 1. The molecule has 19 heavy (non-hydrogen) atoms. The van der Waals surface area contributed by atoms with Gasteiger partial charge in [-0.3, -0.25) is 0 Å². The Balaban J connectivity index is 2.34.